The Balaban J connectivity index is 2.83. The zero-order valence-corrected chi connectivity index (χ0v) is 9.89. The SMILES string of the molecule is NC(=O)CC(O)C(O)c1ccc(O)c(Br)c1. The van der Waals surface area contributed by atoms with Crippen molar-refractivity contribution in [2.24, 2.45) is 5.73 Å². The van der Waals surface area contributed by atoms with Gasteiger partial charge in [-0.2, -0.15) is 0 Å². The number of phenolic OH excluding ortho intramolecular Hbond substituents is 1. The van der Waals surface area contributed by atoms with E-state index in [0.717, 1.165) is 0 Å². The van der Waals surface area contributed by atoms with E-state index in [1.165, 1.54) is 18.2 Å². The highest BCUT2D eigenvalue weighted by Crippen LogP contribution is 2.28. The van der Waals surface area contributed by atoms with Crippen LogP contribution in [0.5, 0.6) is 5.75 Å². The lowest BCUT2D eigenvalue weighted by Gasteiger charge is -2.17. The second-order valence-electron chi connectivity index (χ2n) is 3.39. The van der Waals surface area contributed by atoms with E-state index in [1.54, 1.807) is 0 Å². The van der Waals surface area contributed by atoms with Crippen LogP contribution in [0.2, 0.25) is 0 Å². The number of nitrogens with two attached hydrogens (primary N) is 1. The Labute approximate surface area is 101 Å². The zero-order valence-electron chi connectivity index (χ0n) is 8.30. The average Bonchev–Trinajstić information content (AvgIpc) is 2.20. The van der Waals surface area contributed by atoms with E-state index in [1.807, 2.05) is 0 Å². The minimum absolute atomic E-state index is 0.0281. The van der Waals surface area contributed by atoms with Crippen molar-refractivity contribution in [3.05, 3.63) is 28.2 Å². The second-order valence-corrected chi connectivity index (χ2v) is 4.25. The monoisotopic (exact) mass is 289 g/mol. The largest absolute Gasteiger partial charge is 0.507 e. The Morgan fingerprint density at radius 3 is 2.56 bits per heavy atom. The minimum Gasteiger partial charge on any atom is -0.507 e. The van der Waals surface area contributed by atoms with Gasteiger partial charge in [-0.15, -0.1) is 0 Å². The summed E-state index contributed by atoms with van der Waals surface area (Å²) in [5, 5.41) is 28.4. The maximum absolute atomic E-state index is 10.6. The number of hydrogen-bond donors (Lipinski definition) is 4. The van der Waals surface area contributed by atoms with E-state index in [9.17, 15) is 20.1 Å². The summed E-state index contributed by atoms with van der Waals surface area (Å²) in [5.41, 5.74) is 5.29. The van der Waals surface area contributed by atoms with E-state index >= 15 is 0 Å². The Bertz CT molecular complexity index is 396. The molecule has 0 saturated heterocycles. The molecular formula is C10H12BrNO4. The summed E-state index contributed by atoms with van der Waals surface area (Å²) in [4.78, 5) is 10.6. The van der Waals surface area contributed by atoms with Crippen LogP contribution in [0.4, 0.5) is 0 Å². The summed E-state index contributed by atoms with van der Waals surface area (Å²) < 4.78 is 0.398. The molecule has 1 aromatic carbocycles. The fourth-order valence-electron chi connectivity index (χ4n) is 1.25. The molecular weight excluding hydrogens is 278 g/mol. The Morgan fingerprint density at radius 2 is 2.06 bits per heavy atom. The zero-order chi connectivity index (χ0) is 12.3. The molecule has 5 N–H and O–H groups in total. The van der Waals surface area contributed by atoms with Crippen LogP contribution in [0.1, 0.15) is 18.1 Å². The third kappa shape index (κ3) is 3.19. The van der Waals surface area contributed by atoms with Crippen molar-refractivity contribution in [1.29, 1.82) is 0 Å². The first-order valence-corrected chi connectivity index (χ1v) is 5.34. The van der Waals surface area contributed by atoms with Crippen molar-refractivity contribution in [3.8, 4) is 5.75 Å². The molecule has 0 bridgehead atoms. The molecule has 0 aromatic heterocycles. The quantitative estimate of drug-likeness (QED) is 0.645. The molecule has 1 rings (SSSR count). The van der Waals surface area contributed by atoms with E-state index < -0.39 is 18.1 Å². The number of hydrogen-bond acceptors (Lipinski definition) is 4. The van der Waals surface area contributed by atoms with Gasteiger partial charge in [-0.25, -0.2) is 0 Å². The van der Waals surface area contributed by atoms with Gasteiger partial charge >= 0.3 is 0 Å². The molecule has 1 amide bonds. The minimum atomic E-state index is -1.26. The van der Waals surface area contributed by atoms with Gasteiger partial charge in [-0.1, -0.05) is 6.07 Å². The summed E-state index contributed by atoms with van der Waals surface area (Å²) >= 11 is 3.08. The molecule has 0 aliphatic rings. The summed E-state index contributed by atoms with van der Waals surface area (Å²) in [6.45, 7) is 0. The van der Waals surface area contributed by atoms with Crippen molar-refractivity contribution in [2.45, 2.75) is 18.6 Å². The molecule has 0 aliphatic carbocycles. The molecule has 0 spiro atoms. The molecule has 16 heavy (non-hydrogen) atoms. The van der Waals surface area contributed by atoms with Crippen molar-refractivity contribution < 1.29 is 20.1 Å². The topological polar surface area (TPSA) is 104 Å². The molecule has 5 nitrogen and oxygen atoms in total. The molecule has 1 aromatic rings. The molecule has 0 heterocycles. The van der Waals surface area contributed by atoms with Gasteiger partial charge in [0.15, 0.2) is 0 Å². The number of aliphatic hydroxyl groups is 2. The van der Waals surface area contributed by atoms with Crippen LogP contribution in [0.3, 0.4) is 0 Å². The number of benzene rings is 1. The van der Waals surface area contributed by atoms with E-state index in [-0.39, 0.29) is 12.2 Å². The highest BCUT2D eigenvalue weighted by Gasteiger charge is 2.20. The number of amides is 1. The van der Waals surface area contributed by atoms with Gasteiger partial charge < -0.3 is 21.1 Å². The highest BCUT2D eigenvalue weighted by atomic mass is 79.9. The third-order valence-corrected chi connectivity index (χ3v) is 2.72. The normalized spacial score (nSPS) is 14.4. The van der Waals surface area contributed by atoms with Gasteiger partial charge in [-0.3, -0.25) is 4.79 Å². The molecule has 0 fully saturated rings. The third-order valence-electron chi connectivity index (χ3n) is 2.09. The van der Waals surface area contributed by atoms with Crippen LogP contribution in [-0.2, 0) is 4.79 Å². The number of aromatic hydroxyl groups is 1. The van der Waals surface area contributed by atoms with E-state index in [4.69, 9.17) is 5.73 Å². The molecule has 0 radical (unpaired) electrons. The van der Waals surface area contributed by atoms with Crippen molar-refractivity contribution in [3.63, 3.8) is 0 Å². The van der Waals surface area contributed by atoms with E-state index in [2.05, 4.69) is 15.9 Å². The number of primary amides is 1. The van der Waals surface area contributed by atoms with Crippen LogP contribution in [0.25, 0.3) is 0 Å². The van der Waals surface area contributed by atoms with Gasteiger partial charge in [0.2, 0.25) is 5.91 Å². The first-order valence-electron chi connectivity index (χ1n) is 4.54. The number of halogens is 1. The van der Waals surface area contributed by atoms with Crippen molar-refractivity contribution in [2.75, 3.05) is 0 Å². The number of carbonyl (C=O) groups is 1. The maximum atomic E-state index is 10.6. The predicted octanol–water partition coefficient (Wildman–Crippen LogP) is 0.424. The van der Waals surface area contributed by atoms with Crippen LogP contribution in [0.15, 0.2) is 22.7 Å². The molecule has 2 atom stereocenters. The van der Waals surface area contributed by atoms with Gasteiger partial charge in [0, 0.05) is 0 Å². The van der Waals surface area contributed by atoms with Crippen LogP contribution < -0.4 is 5.73 Å². The fraction of sp³-hybridized carbons (Fsp3) is 0.300. The fourth-order valence-corrected chi connectivity index (χ4v) is 1.64. The Hall–Kier alpha value is -1.11. The lowest BCUT2D eigenvalue weighted by atomic mass is 10.0. The molecule has 2 unspecified atom stereocenters. The van der Waals surface area contributed by atoms with E-state index in [0.29, 0.717) is 10.0 Å². The molecule has 0 saturated carbocycles. The standard InChI is InChI=1S/C10H12BrNO4/c11-6-3-5(1-2-7(6)13)10(16)8(14)4-9(12)15/h1-3,8,10,13-14,16H,4H2,(H2,12,15). The van der Waals surface area contributed by atoms with Gasteiger partial charge in [0.25, 0.3) is 0 Å². The first kappa shape index (κ1) is 13.0. The maximum Gasteiger partial charge on any atom is 0.220 e. The predicted molar refractivity (Wildman–Crippen MR) is 60.6 cm³/mol. The van der Waals surface area contributed by atoms with Crippen LogP contribution in [0, 0.1) is 0 Å². The number of phenols is 1. The lowest BCUT2D eigenvalue weighted by molar-refractivity contribution is -0.121. The smallest absolute Gasteiger partial charge is 0.220 e. The lowest BCUT2D eigenvalue weighted by Crippen LogP contribution is -2.25. The van der Waals surface area contributed by atoms with Gasteiger partial charge in [-0.05, 0) is 33.6 Å². The van der Waals surface area contributed by atoms with Gasteiger partial charge in [0.05, 0.1) is 17.0 Å². The molecule has 6 heteroatoms. The summed E-state index contributed by atoms with van der Waals surface area (Å²) in [6, 6.07) is 4.29. The second kappa shape index (κ2) is 5.29. The Kier molecular flexibility index (Phi) is 4.28. The first-order chi connectivity index (χ1) is 7.41. The van der Waals surface area contributed by atoms with Crippen LogP contribution in [-0.4, -0.2) is 27.3 Å². The summed E-state index contributed by atoms with van der Waals surface area (Å²) in [7, 11) is 0. The van der Waals surface area contributed by atoms with Crippen molar-refractivity contribution in [1.82, 2.24) is 0 Å². The van der Waals surface area contributed by atoms with Crippen LogP contribution >= 0.6 is 15.9 Å². The number of carbonyl (C=O) groups excluding carboxylic acids is 1. The molecule has 0 aliphatic heterocycles. The number of aliphatic hydroxyl groups excluding tert-OH is 2. The average molecular weight is 290 g/mol. The summed E-state index contributed by atoms with van der Waals surface area (Å²) in [6.07, 6.45) is -2.79. The molecule has 88 valence electrons. The van der Waals surface area contributed by atoms with Gasteiger partial charge in [0.1, 0.15) is 11.9 Å². The van der Waals surface area contributed by atoms with Crippen molar-refractivity contribution >= 4 is 21.8 Å². The summed E-state index contributed by atoms with van der Waals surface area (Å²) in [5.74, 6) is -0.662. The highest BCUT2D eigenvalue weighted by molar-refractivity contribution is 9.10. The Morgan fingerprint density at radius 1 is 1.44 bits per heavy atom. The number of rotatable bonds is 4.